The van der Waals surface area contributed by atoms with Gasteiger partial charge in [0, 0.05) is 35.9 Å². The summed E-state index contributed by atoms with van der Waals surface area (Å²) >= 11 is 0. The molecule has 1 aromatic heterocycles. The fourth-order valence-corrected chi connectivity index (χ4v) is 3.67. The Morgan fingerprint density at radius 2 is 1.88 bits per heavy atom. The SMILES string of the molecule is Cc1ccc(N2CC(c3nc(-c4ccc(NC(=O)NC(C)C)cc4)no3)CC2=O)cc1C. The standard InChI is InChI=1S/C24H27N5O3/c1-14(2)25-24(31)26-19-8-6-17(7-9-19)22-27-23(32-28-22)18-12-21(30)29(13-18)20-10-5-15(3)16(4)11-20/h5-11,14,18H,12-13H2,1-4H3,(H2,25,26,31). The maximum atomic E-state index is 12.6. The Hall–Kier alpha value is -3.68. The maximum Gasteiger partial charge on any atom is 0.319 e. The molecule has 0 radical (unpaired) electrons. The van der Waals surface area contributed by atoms with Crippen LogP contribution < -0.4 is 15.5 Å². The third kappa shape index (κ3) is 4.64. The van der Waals surface area contributed by atoms with E-state index in [9.17, 15) is 9.59 Å². The normalized spacial score (nSPS) is 16.0. The van der Waals surface area contributed by atoms with E-state index in [1.807, 2.05) is 51.1 Å². The van der Waals surface area contributed by atoms with Crippen LogP contribution in [0.4, 0.5) is 16.2 Å². The second-order valence-electron chi connectivity index (χ2n) is 8.46. The van der Waals surface area contributed by atoms with Gasteiger partial charge in [-0.1, -0.05) is 11.2 Å². The Labute approximate surface area is 187 Å². The van der Waals surface area contributed by atoms with Crippen LogP contribution in [0.25, 0.3) is 11.4 Å². The molecule has 32 heavy (non-hydrogen) atoms. The third-order valence-electron chi connectivity index (χ3n) is 5.54. The molecule has 1 aliphatic rings. The summed E-state index contributed by atoms with van der Waals surface area (Å²) in [7, 11) is 0. The molecular weight excluding hydrogens is 406 g/mol. The van der Waals surface area contributed by atoms with E-state index in [0.29, 0.717) is 30.4 Å². The highest BCUT2D eigenvalue weighted by Crippen LogP contribution is 2.32. The Kier molecular flexibility index (Phi) is 5.94. The topological polar surface area (TPSA) is 100 Å². The average Bonchev–Trinajstić information content (AvgIpc) is 3.37. The van der Waals surface area contributed by atoms with Crippen molar-refractivity contribution < 1.29 is 14.1 Å². The minimum atomic E-state index is -0.256. The van der Waals surface area contributed by atoms with Gasteiger partial charge in [-0.2, -0.15) is 4.98 Å². The summed E-state index contributed by atoms with van der Waals surface area (Å²) in [5.41, 5.74) is 4.68. The van der Waals surface area contributed by atoms with Gasteiger partial charge >= 0.3 is 6.03 Å². The van der Waals surface area contributed by atoms with Crippen molar-refractivity contribution >= 4 is 23.3 Å². The molecule has 0 spiro atoms. The molecule has 2 N–H and O–H groups in total. The predicted molar refractivity (Wildman–Crippen MR) is 123 cm³/mol. The van der Waals surface area contributed by atoms with E-state index in [0.717, 1.165) is 16.8 Å². The number of rotatable bonds is 5. The average molecular weight is 434 g/mol. The maximum absolute atomic E-state index is 12.6. The first-order chi connectivity index (χ1) is 15.3. The molecule has 1 aliphatic heterocycles. The highest BCUT2D eigenvalue weighted by molar-refractivity contribution is 5.96. The van der Waals surface area contributed by atoms with Gasteiger partial charge in [0.05, 0.1) is 5.92 Å². The molecule has 3 amide bonds. The van der Waals surface area contributed by atoms with E-state index in [2.05, 4.69) is 27.7 Å². The van der Waals surface area contributed by atoms with Crippen molar-refractivity contribution in [3.05, 3.63) is 59.5 Å². The van der Waals surface area contributed by atoms with Crippen LogP contribution in [-0.4, -0.2) is 34.7 Å². The molecule has 8 nitrogen and oxygen atoms in total. The van der Waals surface area contributed by atoms with Crippen LogP contribution in [0, 0.1) is 13.8 Å². The summed E-state index contributed by atoms with van der Waals surface area (Å²) in [4.78, 5) is 30.8. The number of aryl methyl sites for hydroxylation is 2. The van der Waals surface area contributed by atoms with Gasteiger partial charge in [-0.25, -0.2) is 4.79 Å². The van der Waals surface area contributed by atoms with E-state index in [4.69, 9.17) is 4.52 Å². The van der Waals surface area contributed by atoms with Crippen molar-refractivity contribution in [1.82, 2.24) is 15.5 Å². The lowest BCUT2D eigenvalue weighted by Crippen LogP contribution is -2.34. The van der Waals surface area contributed by atoms with Crippen LogP contribution in [-0.2, 0) is 4.79 Å². The molecular formula is C24H27N5O3. The van der Waals surface area contributed by atoms with Gasteiger partial charge in [0.25, 0.3) is 0 Å². The molecule has 0 saturated carbocycles. The Balaban J connectivity index is 1.44. The summed E-state index contributed by atoms with van der Waals surface area (Å²) in [6.45, 7) is 8.40. The van der Waals surface area contributed by atoms with Crippen molar-refractivity contribution in [1.29, 1.82) is 0 Å². The smallest absolute Gasteiger partial charge is 0.319 e. The van der Waals surface area contributed by atoms with Crippen molar-refractivity contribution in [3.63, 3.8) is 0 Å². The molecule has 1 unspecified atom stereocenters. The van der Waals surface area contributed by atoms with E-state index >= 15 is 0 Å². The Bertz CT molecular complexity index is 1140. The number of hydrogen-bond acceptors (Lipinski definition) is 5. The van der Waals surface area contributed by atoms with E-state index in [1.54, 1.807) is 17.0 Å². The van der Waals surface area contributed by atoms with Gasteiger partial charge in [0.1, 0.15) is 0 Å². The molecule has 0 aliphatic carbocycles. The van der Waals surface area contributed by atoms with E-state index in [1.165, 1.54) is 5.56 Å². The monoisotopic (exact) mass is 433 g/mol. The summed E-state index contributed by atoms with van der Waals surface area (Å²) in [5.74, 6) is 0.813. The minimum Gasteiger partial charge on any atom is -0.339 e. The summed E-state index contributed by atoms with van der Waals surface area (Å²) in [5, 5.41) is 9.65. The lowest BCUT2D eigenvalue weighted by Gasteiger charge is -2.17. The van der Waals surface area contributed by atoms with Crippen LogP contribution in [0.5, 0.6) is 0 Å². The van der Waals surface area contributed by atoms with Crippen LogP contribution in [0.1, 0.15) is 43.2 Å². The molecule has 166 valence electrons. The van der Waals surface area contributed by atoms with Crippen LogP contribution >= 0.6 is 0 Å². The summed E-state index contributed by atoms with van der Waals surface area (Å²) in [6, 6.07) is 13.0. The molecule has 1 atom stereocenters. The molecule has 1 fully saturated rings. The summed E-state index contributed by atoms with van der Waals surface area (Å²) in [6.07, 6.45) is 0.336. The highest BCUT2D eigenvalue weighted by atomic mass is 16.5. The van der Waals surface area contributed by atoms with Crippen molar-refractivity contribution in [2.24, 2.45) is 0 Å². The van der Waals surface area contributed by atoms with Crippen LogP contribution in [0.3, 0.4) is 0 Å². The van der Waals surface area contributed by atoms with Gasteiger partial charge in [-0.05, 0) is 75.2 Å². The lowest BCUT2D eigenvalue weighted by molar-refractivity contribution is -0.117. The zero-order chi connectivity index (χ0) is 22.8. The first kappa shape index (κ1) is 21.5. The highest BCUT2D eigenvalue weighted by Gasteiger charge is 2.35. The Morgan fingerprint density at radius 3 is 2.56 bits per heavy atom. The quantitative estimate of drug-likeness (QED) is 0.621. The lowest BCUT2D eigenvalue weighted by atomic mass is 10.1. The number of benzene rings is 2. The summed E-state index contributed by atoms with van der Waals surface area (Å²) < 4.78 is 5.50. The van der Waals surface area contributed by atoms with Gasteiger partial charge in [-0.15, -0.1) is 0 Å². The zero-order valence-electron chi connectivity index (χ0n) is 18.7. The molecule has 2 aromatic carbocycles. The number of amides is 3. The number of urea groups is 1. The molecule has 0 bridgehead atoms. The van der Waals surface area contributed by atoms with Crippen molar-refractivity contribution in [2.75, 3.05) is 16.8 Å². The second-order valence-corrected chi connectivity index (χ2v) is 8.46. The predicted octanol–water partition coefficient (Wildman–Crippen LogP) is 4.40. The molecule has 4 rings (SSSR count). The molecule has 1 saturated heterocycles. The number of anilines is 2. The number of nitrogens with one attached hydrogen (secondary N) is 2. The van der Waals surface area contributed by atoms with Crippen LogP contribution in [0.2, 0.25) is 0 Å². The molecule has 2 heterocycles. The fraction of sp³-hybridized carbons (Fsp3) is 0.333. The van der Waals surface area contributed by atoms with Crippen LogP contribution in [0.15, 0.2) is 47.0 Å². The number of aromatic nitrogens is 2. The minimum absolute atomic E-state index is 0.0492. The van der Waals surface area contributed by atoms with Crippen molar-refractivity contribution in [2.45, 2.75) is 46.1 Å². The van der Waals surface area contributed by atoms with Gasteiger partial charge in [-0.3, -0.25) is 4.79 Å². The first-order valence-electron chi connectivity index (χ1n) is 10.7. The largest absolute Gasteiger partial charge is 0.339 e. The second kappa shape index (κ2) is 8.82. The number of carbonyl (C=O) groups is 2. The third-order valence-corrected chi connectivity index (χ3v) is 5.54. The number of carbonyl (C=O) groups excluding carboxylic acids is 2. The van der Waals surface area contributed by atoms with Gasteiger partial charge in [0.2, 0.25) is 17.6 Å². The molecule has 3 aromatic rings. The Morgan fingerprint density at radius 1 is 1.12 bits per heavy atom. The van der Waals surface area contributed by atoms with Gasteiger partial charge in [0.15, 0.2) is 0 Å². The first-order valence-corrected chi connectivity index (χ1v) is 10.7. The molecule has 8 heteroatoms. The van der Waals surface area contributed by atoms with E-state index in [-0.39, 0.29) is 23.9 Å². The number of nitrogens with zero attached hydrogens (tertiary/aromatic N) is 3. The van der Waals surface area contributed by atoms with Crippen molar-refractivity contribution in [3.8, 4) is 11.4 Å². The number of hydrogen-bond donors (Lipinski definition) is 2. The van der Waals surface area contributed by atoms with Gasteiger partial charge < -0.3 is 20.1 Å². The fourth-order valence-electron chi connectivity index (χ4n) is 3.67. The van der Waals surface area contributed by atoms with E-state index < -0.39 is 0 Å². The zero-order valence-corrected chi connectivity index (χ0v) is 18.7.